The Kier molecular flexibility index (Phi) is 1.76. The summed E-state index contributed by atoms with van der Waals surface area (Å²) in [4.78, 5) is 11.7. The summed E-state index contributed by atoms with van der Waals surface area (Å²) in [7, 11) is 1.79. The van der Waals surface area contributed by atoms with Crippen molar-refractivity contribution < 1.29 is 0 Å². The molecule has 1 aliphatic heterocycles. The van der Waals surface area contributed by atoms with Crippen LogP contribution in [0.5, 0.6) is 0 Å². The third kappa shape index (κ3) is 1.18. The lowest BCUT2D eigenvalue weighted by Gasteiger charge is -2.20. The van der Waals surface area contributed by atoms with Crippen LogP contribution < -0.4 is 16.2 Å². The van der Waals surface area contributed by atoms with Gasteiger partial charge in [-0.3, -0.25) is 4.79 Å². The van der Waals surface area contributed by atoms with E-state index in [4.69, 9.17) is 0 Å². The summed E-state index contributed by atoms with van der Waals surface area (Å²) in [6.45, 7) is 3.61. The molecule has 0 unspecified atom stereocenters. The molecule has 0 radical (unpaired) electrons. The molecule has 2 heterocycles. The number of pyridine rings is 1. The number of anilines is 2. The van der Waals surface area contributed by atoms with Gasteiger partial charge in [0.25, 0.3) is 5.56 Å². The first-order valence-corrected chi connectivity index (χ1v) is 4.38. The van der Waals surface area contributed by atoms with Gasteiger partial charge in [0.2, 0.25) is 0 Å². The normalized spacial score (nSPS) is 14.3. The van der Waals surface area contributed by atoms with E-state index in [0.717, 1.165) is 24.5 Å². The molecule has 70 valence electrons. The zero-order valence-corrected chi connectivity index (χ0v) is 7.85. The van der Waals surface area contributed by atoms with Gasteiger partial charge in [0.1, 0.15) is 5.69 Å². The first-order chi connectivity index (χ1) is 6.20. The van der Waals surface area contributed by atoms with Crippen LogP contribution >= 0.6 is 0 Å². The molecule has 1 aliphatic rings. The smallest absolute Gasteiger partial charge is 0.275 e. The van der Waals surface area contributed by atoms with Gasteiger partial charge in [-0.15, -0.1) is 0 Å². The van der Waals surface area contributed by atoms with Crippen LogP contribution in [0.2, 0.25) is 0 Å². The molecule has 0 aliphatic carbocycles. The summed E-state index contributed by atoms with van der Waals surface area (Å²) in [5.41, 5.74) is 2.63. The Balaban J connectivity index is 2.68. The van der Waals surface area contributed by atoms with Gasteiger partial charge in [-0.1, -0.05) is 0 Å². The van der Waals surface area contributed by atoms with Crippen molar-refractivity contribution in [3.63, 3.8) is 0 Å². The van der Waals surface area contributed by atoms with Crippen molar-refractivity contribution in [2.24, 2.45) is 7.05 Å². The summed E-state index contributed by atoms with van der Waals surface area (Å²) in [5, 5.41) is 6.30. The topological polar surface area (TPSA) is 46.1 Å². The van der Waals surface area contributed by atoms with Gasteiger partial charge in [-0.2, -0.15) is 0 Å². The van der Waals surface area contributed by atoms with Gasteiger partial charge >= 0.3 is 0 Å². The molecule has 4 nitrogen and oxygen atoms in total. The molecule has 4 heteroatoms. The minimum Gasteiger partial charge on any atom is -0.381 e. The van der Waals surface area contributed by atoms with Gasteiger partial charge in [0.15, 0.2) is 0 Å². The molecule has 0 amide bonds. The highest BCUT2D eigenvalue weighted by Gasteiger charge is 2.13. The summed E-state index contributed by atoms with van der Waals surface area (Å²) in [6, 6.07) is 1.99. The van der Waals surface area contributed by atoms with Crippen molar-refractivity contribution in [3.8, 4) is 0 Å². The Bertz CT molecular complexity index is 395. The van der Waals surface area contributed by atoms with Crippen LogP contribution in [0, 0.1) is 6.92 Å². The fourth-order valence-electron chi connectivity index (χ4n) is 1.52. The first-order valence-electron chi connectivity index (χ1n) is 4.38. The van der Waals surface area contributed by atoms with Crippen LogP contribution in [-0.2, 0) is 7.05 Å². The van der Waals surface area contributed by atoms with Crippen molar-refractivity contribution >= 4 is 11.4 Å². The van der Waals surface area contributed by atoms with Crippen LogP contribution in [0.1, 0.15) is 5.69 Å². The quantitative estimate of drug-likeness (QED) is 0.610. The van der Waals surface area contributed by atoms with Crippen molar-refractivity contribution in [1.29, 1.82) is 0 Å². The van der Waals surface area contributed by atoms with Crippen LogP contribution in [0.15, 0.2) is 10.9 Å². The van der Waals surface area contributed by atoms with E-state index in [0.29, 0.717) is 5.69 Å². The number of rotatable bonds is 0. The Morgan fingerprint density at radius 1 is 1.38 bits per heavy atom. The molecule has 1 aromatic rings. The lowest BCUT2D eigenvalue weighted by molar-refractivity contribution is 0.814. The largest absolute Gasteiger partial charge is 0.381 e. The van der Waals surface area contributed by atoms with Gasteiger partial charge < -0.3 is 15.2 Å². The van der Waals surface area contributed by atoms with E-state index >= 15 is 0 Å². The van der Waals surface area contributed by atoms with Crippen molar-refractivity contribution in [1.82, 2.24) is 4.57 Å². The number of aryl methyl sites for hydroxylation is 1. The number of aromatic nitrogens is 1. The zero-order valence-electron chi connectivity index (χ0n) is 7.85. The molecule has 0 bridgehead atoms. The SMILES string of the molecule is Cc1cc2c(c(=O)n1C)NCCN2. The maximum atomic E-state index is 11.7. The highest BCUT2D eigenvalue weighted by Crippen LogP contribution is 2.20. The van der Waals surface area contributed by atoms with Gasteiger partial charge in [-0.05, 0) is 13.0 Å². The lowest BCUT2D eigenvalue weighted by Crippen LogP contribution is -2.30. The second kappa shape index (κ2) is 2.80. The number of hydrogen-bond acceptors (Lipinski definition) is 3. The van der Waals surface area contributed by atoms with Crippen LogP contribution in [-0.4, -0.2) is 17.7 Å². The molecule has 0 aromatic carbocycles. The minimum atomic E-state index is 0.0437. The Morgan fingerprint density at radius 3 is 2.85 bits per heavy atom. The molecular weight excluding hydrogens is 166 g/mol. The highest BCUT2D eigenvalue weighted by molar-refractivity contribution is 5.69. The Morgan fingerprint density at radius 2 is 2.08 bits per heavy atom. The summed E-state index contributed by atoms with van der Waals surface area (Å²) in [6.07, 6.45) is 0. The summed E-state index contributed by atoms with van der Waals surface area (Å²) in [5.74, 6) is 0. The Labute approximate surface area is 76.6 Å². The number of hydrogen-bond donors (Lipinski definition) is 2. The van der Waals surface area contributed by atoms with Gasteiger partial charge in [0.05, 0.1) is 5.69 Å². The molecule has 0 atom stereocenters. The van der Waals surface area contributed by atoms with E-state index in [1.54, 1.807) is 11.6 Å². The fourth-order valence-corrected chi connectivity index (χ4v) is 1.52. The second-order valence-corrected chi connectivity index (χ2v) is 3.29. The van der Waals surface area contributed by atoms with Crippen LogP contribution in [0.25, 0.3) is 0 Å². The average Bonchev–Trinajstić information content (AvgIpc) is 2.15. The van der Waals surface area contributed by atoms with Crippen molar-refractivity contribution in [3.05, 3.63) is 22.1 Å². The van der Waals surface area contributed by atoms with E-state index in [1.165, 1.54) is 0 Å². The summed E-state index contributed by atoms with van der Waals surface area (Å²) < 4.78 is 1.65. The molecule has 0 saturated heterocycles. The lowest BCUT2D eigenvalue weighted by atomic mass is 10.2. The molecule has 2 N–H and O–H groups in total. The van der Waals surface area contributed by atoms with Crippen LogP contribution in [0.4, 0.5) is 11.4 Å². The van der Waals surface area contributed by atoms with E-state index in [-0.39, 0.29) is 5.56 Å². The van der Waals surface area contributed by atoms with Crippen LogP contribution in [0.3, 0.4) is 0 Å². The third-order valence-corrected chi connectivity index (χ3v) is 2.41. The summed E-state index contributed by atoms with van der Waals surface area (Å²) >= 11 is 0. The highest BCUT2D eigenvalue weighted by atomic mass is 16.1. The number of nitrogens with zero attached hydrogens (tertiary/aromatic N) is 1. The maximum Gasteiger partial charge on any atom is 0.275 e. The molecule has 1 aromatic heterocycles. The predicted octanol–water partition coefficient (Wildman–Crippen LogP) is 0.531. The molecular formula is C9H13N3O. The predicted molar refractivity (Wildman–Crippen MR) is 53.4 cm³/mol. The molecule has 0 spiro atoms. The second-order valence-electron chi connectivity index (χ2n) is 3.29. The van der Waals surface area contributed by atoms with Crippen molar-refractivity contribution in [2.75, 3.05) is 23.7 Å². The standard InChI is InChI=1S/C9H13N3O/c1-6-5-7-8(9(13)12(6)2)11-4-3-10-7/h5,10-11H,3-4H2,1-2H3. The zero-order chi connectivity index (χ0) is 9.42. The van der Waals surface area contributed by atoms with E-state index in [2.05, 4.69) is 10.6 Å². The van der Waals surface area contributed by atoms with E-state index < -0.39 is 0 Å². The molecule has 13 heavy (non-hydrogen) atoms. The van der Waals surface area contributed by atoms with Gasteiger partial charge in [0, 0.05) is 25.8 Å². The number of nitrogens with one attached hydrogen (secondary N) is 2. The Hall–Kier alpha value is -1.45. The molecule has 0 saturated carbocycles. The third-order valence-electron chi connectivity index (χ3n) is 2.41. The maximum absolute atomic E-state index is 11.7. The fraction of sp³-hybridized carbons (Fsp3) is 0.444. The van der Waals surface area contributed by atoms with Crippen molar-refractivity contribution in [2.45, 2.75) is 6.92 Å². The van der Waals surface area contributed by atoms with E-state index in [1.807, 2.05) is 13.0 Å². The van der Waals surface area contributed by atoms with E-state index in [9.17, 15) is 4.79 Å². The molecule has 2 rings (SSSR count). The average molecular weight is 179 g/mol. The first kappa shape index (κ1) is 8.16. The van der Waals surface area contributed by atoms with Gasteiger partial charge in [-0.25, -0.2) is 0 Å². The molecule has 0 fully saturated rings. The minimum absolute atomic E-state index is 0.0437. The monoisotopic (exact) mass is 179 g/mol. The number of fused-ring (bicyclic) bond motifs is 1.